The first-order valence-electron chi connectivity index (χ1n) is 9.69. The van der Waals surface area contributed by atoms with Crippen molar-refractivity contribution in [1.82, 2.24) is 30.0 Å². The minimum absolute atomic E-state index is 0.0302. The lowest BCUT2D eigenvalue weighted by molar-refractivity contribution is 0.0327. The second kappa shape index (κ2) is 6.78. The molecule has 1 saturated carbocycles. The molecule has 2 amide bonds. The molecule has 0 spiro atoms. The lowest BCUT2D eigenvalue weighted by atomic mass is 10.0. The summed E-state index contributed by atoms with van der Waals surface area (Å²) in [5, 5.41) is 20.8. The Hall–Kier alpha value is -3.15. The summed E-state index contributed by atoms with van der Waals surface area (Å²) < 4.78 is 7.76. The van der Waals surface area contributed by atoms with Crippen LogP contribution in [0.15, 0.2) is 24.5 Å². The maximum Gasteiger partial charge on any atom is 0.320 e. The van der Waals surface area contributed by atoms with Crippen molar-refractivity contribution in [2.24, 2.45) is 0 Å². The molecule has 0 radical (unpaired) electrons. The number of hydrogen-bond acceptors (Lipinski definition) is 6. The zero-order valence-corrected chi connectivity index (χ0v) is 15.4. The Labute approximate surface area is 162 Å². The predicted molar refractivity (Wildman–Crippen MR) is 97.6 cm³/mol. The molecule has 5 rings (SSSR count). The predicted octanol–water partition coefficient (Wildman–Crippen LogP) is 1.55. The van der Waals surface area contributed by atoms with Gasteiger partial charge in [-0.15, -0.1) is 5.10 Å². The quantitative estimate of drug-likeness (QED) is 0.799. The van der Waals surface area contributed by atoms with Crippen LogP contribution in [-0.4, -0.2) is 68.3 Å². The number of amides is 2. The second-order valence-electron chi connectivity index (χ2n) is 7.71. The average Bonchev–Trinajstić information content (AvgIpc) is 3.17. The summed E-state index contributed by atoms with van der Waals surface area (Å²) in [4.78, 5) is 16.3. The van der Waals surface area contributed by atoms with Gasteiger partial charge in [-0.1, -0.05) is 12.1 Å². The topological polar surface area (TPSA) is 100 Å². The highest BCUT2D eigenvalue weighted by Crippen LogP contribution is 2.43. The van der Waals surface area contributed by atoms with Crippen molar-refractivity contribution in [3.05, 3.63) is 35.7 Å². The van der Waals surface area contributed by atoms with Crippen molar-refractivity contribution in [2.75, 3.05) is 26.2 Å². The normalized spacial score (nSPS) is 22.0. The molecule has 3 heterocycles. The number of benzene rings is 1. The van der Waals surface area contributed by atoms with E-state index in [1.807, 2.05) is 23.1 Å². The molecule has 1 aliphatic carbocycles. The third-order valence-electron chi connectivity index (χ3n) is 5.77. The van der Waals surface area contributed by atoms with E-state index in [1.54, 1.807) is 15.9 Å². The van der Waals surface area contributed by atoms with E-state index in [4.69, 9.17) is 4.74 Å². The molecule has 3 fully saturated rings. The Balaban J connectivity index is 1.17. The number of tetrazole rings is 1. The number of ether oxygens (including phenoxy) is 1. The van der Waals surface area contributed by atoms with E-state index in [2.05, 4.69) is 21.6 Å². The molecule has 3 aliphatic rings. The number of aromatic nitrogens is 4. The Kier molecular flexibility index (Phi) is 4.11. The molecular formula is C19H21N7O2. The number of carbonyl (C=O) groups is 1. The monoisotopic (exact) mass is 379 g/mol. The number of likely N-dealkylation sites (tertiary alicyclic amines) is 2. The highest BCUT2D eigenvalue weighted by Gasteiger charge is 2.38. The van der Waals surface area contributed by atoms with E-state index >= 15 is 0 Å². The Morgan fingerprint density at radius 3 is 2.75 bits per heavy atom. The minimum Gasteiger partial charge on any atom is -0.485 e. The molecule has 9 heteroatoms. The van der Waals surface area contributed by atoms with Gasteiger partial charge in [-0.25, -0.2) is 9.48 Å². The van der Waals surface area contributed by atoms with Gasteiger partial charge < -0.3 is 14.5 Å². The van der Waals surface area contributed by atoms with Gasteiger partial charge in [-0.2, -0.15) is 5.26 Å². The van der Waals surface area contributed by atoms with Crippen molar-refractivity contribution in [3.63, 3.8) is 0 Å². The van der Waals surface area contributed by atoms with Crippen LogP contribution in [0, 0.1) is 11.3 Å². The molecule has 2 aliphatic heterocycles. The molecule has 0 bridgehead atoms. The summed E-state index contributed by atoms with van der Waals surface area (Å²) in [7, 11) is 0. The third-order valence-corrected chi connectivity index (χ3v) is 5.77. The number of hydrogen-bond donors (Lipinski definition) is 0. The molecule has 0 unspecified atom stereocenters. The third kappa shape index (κ3) is 3.05. The lowest BCUT2D eigenvalue weighted by Gasteiger charge is -2.41. The summed E-state index contributed by atoms with van der Waals surface area (Å²) in [6.07, 6.45) is 4.67. The van der Waals surface area contributed by atoms with Crippen molar-refractivity contribution < 1.29 is 9.53 Å². The largest absolute Gasteiger partial charge is 0.485 e. The van der Waals surface area contributed by atoms with Crippen LogP contribution in [0.5, 0.6) is 5.75 Å². The number of nitrogens with zero attached hydrogens (tertiary/aromatic N) is 7. The van der Waals surface area contributed by atoms with Gasteiger partial charge in [0, 0.05) is 13.1 Å². The van der Waals surface area contributed by atoms with Gasteiger partial charge in [0.2, 0.25) is 0 Å². The zero-order valence-electron chi connectivity index (χ0n) is 15.4. The van der Waals surface area contributed by atoms with Gasteiger partial charge in [0.15, 0.2) is 0 Å². The van der Waals surface area contributed by atoms with Gasteiger partial charge in [0.25, 0.3) is 0 Å². The van der Waals surface area contributed by atoms with Gasteiger partial charge in [-0.05, 0) is 47.2 Å². The van der Waals surface area contributed by atoms with Gasteiger partial charge in [-0.3, -0.25) is 0 Å². The van der Waals surface area contributed by atoms with E-state index in [0.29, 0.717) is 43.4 Å². The molecule has 2 aromatic rings. The number of rotatable bonds is 4. The van der Waals surface area contributed by atoms with Crippen LogP contribution in [0.4, 0.5) is 4.79 Å². The highest BCUT2D eigenvalue weighted by molar-refractivity contribution is 5.75. The van der Waals surface area contributed by atoms with Crippen molar-refractivity contribution in [2.45, 2.75) is 37.3 Å². The maximum absolute atomic E-state index is 12.7. The van der Waals surface area contributed by atoms with Crippen LogP contribution >= 0.6 is 0 Å². The van der Waals surface area contributed by atoms with E-state index in [1.165, 1.54) is 0 Å². The van der Waals surface area contributed by atoms with Crippen LogP contribution < -0.4 is 4.74 Å². The summed E-state index contributed by atoms with van der Waals surface area (Å²) in [5.74, 6) is 1.14. The lowest BCUT2D eigenvalue weighted by Crippen LogP contribution is -2.59. The molecule has 1 aromatic carbocycles. The molecule has 0 N–H and O–H groups in total. The summed E-state index contributed by atoms with van der Waals surface area (Å²) in [6.45, 7) is 2.41. The van der Waals surface area contributed by atoms with Crippen LogP contribution in [0.3, 0.4) is 0 Å². The fraction of sp³-hybridized carbons (Fsp3) is 0.526. The number of carbonyl (C=O) groups excluding carboxylic acids is 1. The molecule has 28 heavy (non-hydrogen) atoms. The van der Waals surface area contributed by atoms with Crippen molar-refractivity contribution in [1.29, 1.82) is 5.26 Å². The van der Waals surface area contributed by atoms with Gasteiger partial charge in [0.1, 0.15) is 24.3 Å². The first-order valence-corrected chi connectivity index (χ1v) is 9.69. The van der Waals surface area contributed by atoms with E-state index in [0.717, 1.165) is 24.8 Å². The minimum atomic E-state index is -0.0663. The zero-order chi connectivity index (χ0) is 19.1. The van der Waals surface area contributed by atoms with E-state index in [-0.39, 0.29) is 18.2 Å². The Bertz CT molecular complexity index is 913. The molecule has 2 saturated heterocycles. The summed E-state index contributed by atoms with van der Waals surface area (Å²) in [5.41, 5.74) is 1.75. The number of urea groups is 1. The molecular weight excluding hydrogens is 358 g/mol. The average molecular weight is 379 g/mol. The fourth-order valence-corrected chi connectivity index (χ4v) is 4.02. The summed E-state index contributed by atoms with van der Waals surface area (Å²) >= 11 is 0. The smallest absolute Gasteiger partial charge is 0.320 e. The van der Waals surface area contributed by atoms with E-state index in [9.17, 15) is 10.1 Å². The second-order valence-corrected chi connectivity index (χ2v) is 7.71. The molecule has 144 valence electrons. The summed E-state index contributed by atoms with van der Waals surface area (Å²) in [6, 6.07) is 8.30. The van der Waals surface area contributed by atoms with E-state index < -0.39 is 0 Å². The Morgan fingerprint density at radius 1 is 1.18 bits per heavy atom. The first kappa shape index (κ1) is 17.0. The highest BCUT2D eigenvalue weighted by atomic mass is 16.5. The van der Waals surface area contributed by atoms with Gasteiger partial charge >= 0.3 is 6.03 Å². The van der Waals surface area contributed by atoms with Crippen LogP contribution in [0.2, 0.25) is 0 Å². The SMILES string of the molecule is N#Cc1c(OC2CN(C(=O)N3CC[C@H](n4cnnn4)C3)C2)cccc1C1CC1. The maximum atomic E-state index is 12.7. The Morgan fingerprint density at radius 2 is 2.04 bits per heavy atom. The van der Waals surface area contributed by atoms with Crippen LogP contribution in [-0.2, 0) is 0 Å². The number of nitriles is 1. The van der Waals surface area contributed by atoms with Crippen LogP contribution in [0.1, 0.15) is 42.3 Å². The molecule has 1 atom stereocenters. The van der Waals surface area contributed by atoms with Crippen molar-refractivity contribution in [3.8, 4) is 11.8 Å². The van der Waals surface area contributed by atoms with Gasteiger partial charge in [0.05, 0.1) is 24.7 Å². The molecule has 1 aromatic heterocycles. The fourth-order valence-electron chi connectivity index (χ4n) is 4.02. The standard InChI is InChI=1S/C19H21N7O2/c20-8-17-16(13-4-5-13)2-1-3-18(17)28-15-10-25(11-15)19(27)24-7-6-14(9-24)26-12-21-22-23-26/h1-3,12-15H,4-7,9-11H2/t14-/m0/s1. The van der Waals surface area contributed by atoms with Crippen LogP contribution in [0.25, 0.3) is 0 Å². The van der Waals surface area contributed by atoms with Crippen molar-refractivity contribution >= 4 is 6.03 Å². The molecule has 9 nitrogen and oxygen atoms in total. The first-order chi connectivity index (χ1) is 13.7.